The molecule has 5 nitrogen and oxygen atoms in total. The number of halogens is 3. The molecule has 8 heteroatoms. The van der Waals surface area contributed by atoms with Crippen LogP contribution in [0.1, 0.15) is 40.4 Å². The number of primary amides is 1. The molecule has 31 heavy (non-hydrogen) atoms. The Morgan fingerprint density at radius 1 is 1.06 bits per heavy atom. The molecule has 4 rings (SSSR count). The molecule has 0 spiro atoms. The molecule has 0 saturated carbocycles. The van der Waals surface area contributed by atoms with Crippen molar-refractivity contribution < 1.29 is 18.4 Å². The van der Waals surface area contributed by atoms with Crippen LogP contribution in [0.15, 0.2) is 42.5 Å². The molecule has 2 N–H and O–H groups in total. The Morgan fingerprint density at radius 2 is 1.74 bits per heavy atom. The van der Waals surface area contributed by atoms with Gasteiger partial charge in [-0.2, -0.15) is 0 Å². The Kier molecular flexibility index (Phi) is 5.87. The van der Waals surface area contributed by atoms with Crippen LogP contribution in [0.3, 0.4) is 0 Å². The van der Waals surface area contributed by atoms with E-state index in [1.54, 1.807) is 17.0 Å². The van der Waals surface area contributed by atoms with Gasteiger partial charge in [-0.3, -0.25) is 14.6 Å². The van der Waals surface area contributed by atoms with Gasteiger partial charge in [0, 0.05) is 29.4 Å². The first kappa shape index (κ1) is 21.2. The molecule has 2 aromatic carbocycles. The molecule has 1 saturated heterocycles. The summed E-state index contributed by atoms with van der Waals surface area (Å²) in [4.78, 5) is 31.0. The minimum Gasteiger partial charge on any atom is -0.366 e. The number of nitrogens with zero attached hydrogens (tertiary/aromatic N) is 2. The van der Waals surface area contributed by atoms with E-state index >= 15 is 0 Å². The van der Waals surface area contributed by atoms with E-state index in [4.69, 9.17) is 17.3 Å². The van der Waals surface area contributed by atoms with Gasteiger partial charge in [0.2, 0.25) is 5.91 Å². The topological polar surface area (TPSA) is 76.3 Å². The van der Waals surface area contributed by atoms with E-state index < -0.39 is 17.5 Å². The highest BCUT2D eigenvalue weighted by Crippen LogP contribution is 2.31. The second-order valence-electron chi connectivity index (χ2n) is 7.69. The van der Waals surface area contributed by atoms with Crippen molar-refractivity contribution in [2.75, 3.05) is 13.1 Å². The third-order valence-corrected chi connectivity index (χ3v) is 6.01. The highest BCUT2D eigenvalue weighted by molar-refractivity contribution is 6.31. The minimum atomic E-state index is -0.613. The van der Waals surface area contributed by atoms with Crippen molar-refractivity contribution in [2.45, 2.75) is 25.2 Å². The zero-order chi connectivity index (χ0) is 22.1. The van der Waals surface area contributed by atoms with E-state index in [2.05, 4.69) is 4.98 Å². The second-order valence-corrected chi connectivity index (χ2v) is 8.10. The molecule has 160 valence electrons. The van der Waals surface area contributed by atoms with Crippen LogP contribution in [-0.4, -0.2) is 34.8 Å². The van der Waals surface area contributed by atoms with Gasteiger partial charge in [0.05, 0.1) is 23.2 Å². The van der Waals surface area contributed by atoms with Gasteiger partial charge in [0.25, 0.3) is 5.91 Å². The van der Waals surface area contributed by atoms with Crippen LogP contribution in [0.5, 0.6) is 0 Å². The summed E-state index contributed by atoms with van der Waals surface area (Å²) in [7, 11) is 0. The molecule has 1 aromatic heterocycles. The maximum atomic E-state index is 13.5. The van der Waals surface area contributed by atoms with Crippen molar-refractivity contribution in [3.63, 3.8) is 0 Å². The number of hydrogen-bond donors (Lipinski definition) is 1. The van der Waals surface area contributed by atoms with Gasteiger partial charge in [0.1, 0.15) is 11.6 Å². The van der Waals surface area contributed by atoms with Crippen LogP contribution >= 0.6 is 11.6 Å². The third-order valence-electron chi connectivity index (χ3n) is 5.66. The van der Waals surface area contributed by atoms with Gasteiger partial charge in [-0.15, -0.1) is 0 Å². The van der Waals surface area contributed by atoms with Gasteiger partial charge in [-0.05, 0) is 54.8 Å². The smallest absolute Gasteiger partial charge is 0.250 e. The maximum absolute atomic E-state index is 13.5. The quantitative estimate of drug-likeness (QED) is 0.656. The molecule has 3 aromatic rings. The number of piperidine rings is 1. The number of rotatable bonds is 4. The number of carbonyl (C=O) groups is 2. The summed E-state index contributed by atoms with van der Waals surface area (Å²) in [5, 5.41) is 0.743. The zero-order valence-corrected chi connectivity index (χ0v) is 17.3. The SMILES string of the molecule is NC(=O)c1cc2cc(F)ccc2nc1C1CCN(C(=O)Cc2ccc(F)cc2Cl)CC1. The van der Waals surface area contributed by atoms with Crippen molar-refractivity contribution in [2.24, 2.45) is 5.73 Å². The van der Waals surface area contributed by atoms with Crippen molar-refractivity contribution >= 4 is 34.3 Å². The molecule has 0 radical (unpaired) electrons. The van der Waals surface area contributed by atoms with E-state index in [9.17, 15) is 18.4 Å². The van der Waals surface area contributed by atoms with Crippen LogP contribution in [-0.2, 0) is 11.2 Å². The van der Waals surface area contributed by atoms with E-state index in [0.717, 1.165) is 0 Å². The molecule has 2 heterocycles. The van der Waals surface area contributed by atoms with Crippen molar-refractivity contribution in [1.82, 2.24) is 9.88 Å². The van der Waals surface area contributed by atoms with Crippen molar-refractivity contribution in [3.05, 3.63) is 75.9 Å². The number of pyridine rings is 1. The normalized spacial score (nSPS) is 14.7. The number of nitrogens with two attached hydrogens (primary N) is 1. The summed E-state index contributed by atoms with van der Waals surface area (Å²) in [6.45, 7) is 0.979. The monoisotopic (exact) mass is 443 g/mol. The summed E-state index contributed by atoms with van der Waals surface area (Å²) < 4.78 is 26.7. The van der Waals surface area contributed by atoms with Crippen molar-refractivity contribution in [3.8, 4) is 0 Å². The molecule has 0 unspecified atom stereocenters. The molecule has 1 fully saturated rings. The summed E-state index contributed by atoms with van der Waals surface area (Å²) in [6.07, 6.45) is 1.32. The Labute approximate surface area is 182 Å². The minimum absolute atomic E-state index is 0.0459. The maximum Gasteiger partial charge on any atom is 0.250 e. The van der Waals surface area contributed by atoms with E-state index in [-0.39, 0.29) is 28.8 Å². The molecule has 0 atom stereocenters. The summed E-state index contributed by atoms with van der Waals surface area (Å²) >= 11 is 6.03. The first-order chi connectivity index (χ1) is 14.8. The predicted octanol–water partition coefficient (Wildman–Crippen LogP) is 4.21. The Balaban J connectivity index is 1.50. The summed E-state index contributed by atoms with van der Waals surface area (Å²) in [5.74, 6) is -1.61. The number of amides is 2. The fourth-order valence-electron chi connectivity index (χ4n) is 4.01. The summed E-state index contributed by atoms with van der Waals surface area (Å²) in [5.41, 5.74) is 7.59. The van der Waals surface area contributed by atoms with Crippen LogP contribution in [0.2, 0.25) is 5.02 Å². The Hall–Kier alpha value is -3.06. The number of fused-ring (bicyclic) bond motifs is 1. The van der Waals surface area contributed by atoms with Crippen LogP contribution in [0.25, 0.3) is 10.9 Å². The van der Waals surface area contributed by atoms with Gasteiger partial charge in [0.15, 0.2) is 0 Å². The average Bonchev–Trinajstić information content (AvgIpc) is 2.74. The largest absolute Gasteiger partial charge is 0.366 e. The number of benzene rings is 2. The first-order valence-electron chi connectivity index (χ1n) is 9.93. The van der Waals surface area contributed by atoms with E-state index in [1.807, 2.05) is 0 Å². The molecule has 0 bridgehead atoms. The second kappa shape index (κ2) is 8.59. The fourth-order valence-corrected chi connectivity index (χ4v) is 4.25. The number of carbonyl (C=O) groups excluding carboxylic acids is 2. The molecular formula is C23H20ClF2N3O2. The molecule has 0 aliphatic carbocycles. The fraction of sp³-hybridized carbons (Fsp3) is 0.261. The Bertz CT molecular complexity index is 1180. The molecule has 2 amide bonds. The van der Waals surface area contributed by atoms with Crippen LogP contribution in [0, 0.1) is 11.6 Å². The highest BCUT2D eigenvalue weighted by atomic mass is 35.5. The van der Waals surface area contributed by atoms with E-state index in [0.29, 0.717) is 48.1 Å². The van der Waals surface area contributed by atoms with Gasteiger partial charge >= 0.3 is 0 Å². The van der Waals surface area contributed by atoms with Crippen LogP contribution in [0.4, 0.5) is 8.78 Å². The lowest BCUT2D eigenvalue weighted by Crippen LogP contribution is -2.39. The zero-order valence-electron chi connectivity index (χ0n) is 16.6. The lowest BCUT2D eigenvalue weighted by Gasteiger charge is -2.32. The van der Waals surface area contributed by atoms with E-state index in [1.165, 1.54) is 30.3 Å². The molecule has 1 aliphatic rings. The number of likely N-dealkylation sites (tertiary alicyclic amines) is 1. The Morgan fingerprint density at radius 3 is 2.42 bits per heavy atom. The van der Waals surface area contributed by atoms with Gasteiger partial charge in [-0.1, -0.05) is 17.7 Å². The lowest BCUT2D eigenvalue weighted by atomic mass is 9.89. The average molecular weight is 444 g/mol. The van der Waals surface area contributed by atoms with Crippen molar-refractivity contribution in [1.29, 1.82) is 0 Å². The highest BCUT2D eigenvalue weighted by Gasteiger charge is 2.28. The van der Waals surface area contributed by atoms with Crippen LogP contribution < -0.4 is 5.73 Å². The first-order valence-corrected chi connectivity index (χ1v) is 10.3. The predicted molar refractivity (Wildman–Crippen MR) is 114 cm³/mol. The molecule has 1 aliphatic heterocycles. The molecular weight excluding hydrogens is 424 g/mol. The number of hydrogen-bond acceptors (Lipinski definition) is 3. The summed E-state index contributed by atoms with van der Waals surface area (Å²) in [6, 6.07) is 9.79. The lowest BCUT2D eigenvalue weighted by molar-refractivity contribution is -0.131. The third kappa shape index (κ3) is 4.51. The standard InChI is InChI=1S/C23H20ClF2N3O2/c24-19-12-17(26)2-1-14(19)11-21(30)29-7-5-13(6-8-29)22-18(23(27)31)10-15-9-16(25)3-4-20(15)28-22/h1-4,9-10,12-13H,5-8,11H2,(H2,27,31). The van der Waals surface area contributed by atoms with Gasteiger partial charge < -0.3 is 10.6 Å². The van der Waals surface area contributed by atoms with Gasteiger partial charge in [-0.25, -0.2) is 8.78 Å². The number of aromatic nitrogens is 1.